The fraction of sp³-hybridized carbons (Fsp3) is 0.118. The van der Waals surface area contributed by atoms with Gasteiger partial charge in [-0.25, -0.2) is 9.82 Å². The predicted octanol–water partition coefficient (Wildman–Crippen LogP) is 3.27. The van der Waals surface area contributed by atoms with Gasteiger partial charge in [0.25, 0.3) is 0 Å². The number of hydrazone groups is 1. The number of anilines is 1. The quantitative estimate of drug-likeness (QED) is 0.495. The van der Waals surface area contributed by atoms with Crippen molar-refractivity contribution < 1.29 is 14.0 Å². The number of hydrogen-bond acceptors (Lipinski definition) is 3. The SMILES string of the molecule is Cc1ccc(NC(=O)CC(=O)NN=Cc2ccc(F)cc2)cc1Cl. The highest BCUT2D eigenvalue weighted by atomic mass is 35.5. The molecule has 24 heavy (non-hydrogen) atoms. The Kier molecular flexibility index (Phi) is 6.03. The van der Waals surface area contributed by atoms with E-state index in [0.29, 0.717) is 16.3 Å². The van der Waals surface area contributed by atoms with E-state index in [0.717, 1.165) is 5.56 Å². The molecule has 0 bridgehead atoms. The molecule has 0 heterocycles. The van der Waals surface area contributed by atoms with Crippen molar-refractivity contribution in [3.05, 3.63) is 64.4 Å². The molecule has 2 amide bonds. The average molecular weight is 348 g/mol. The minimum Gasteiger partial charge on any atom is -0.326 e. The van der Waals surface area contributed by atoms with Crippen LogP contribution < -0.4 is 10.7 Å². The van der Waals surface area contributed by atoms with Crippen LogP contribution in [-0.4, -0.2) is 18.0 Å². The van der Waals surface area contributed by atoms with Crippen molar-refractivity contribution in [1.82, 2.24) is 5.43 Å². The fourth-order valence-electron chi connectivity index (χ4n) is 1.79. The largest absolute Gasteiger partial charge is 0.326 e. The molecule has 0 saturated carbocycles. The van der Waals surface area contributed by atoms with E-state index in [9.17, 15) is 14.0 Å². The third-order valence-corrected chi connectivity index (χ3v) is 3.46. The molecular weight excluding hydrogens is 333 g/mol. The Morgan fingerprint density at radius 1 is 1.17 bits per heavy atom. The van der Waals surface area contributed by atoms with E-state index in [1.54, 1.807) is 18.2 Å². The summed E-state index contributed by atoms with van der Waals surface area (Å²) in [5.74, 6) is -1.41. The predicted molar refractivity (Wildman–Crippen MR) is 91.6 cm³/mol. The van der Waals surface area contributed by atoms with Crippen molar-refractivity contribution in [2.45, 2.75) is 13.3 Å². The molecule has 0 aliphatic carbocycles. The molecule has 0 radical (unpaired) electrons. The standard InChI is InChI=1S/C17H15ClFN3O2/c1-11-2-7-14(8-15(11)18)21-16(23)9-17(24)22-20-10-12-3-5-13(19)6-4-12/h2-8,10H,9H2,1H3,(H,21,23)(H,22,24). The third kappa shape index (κ3) is 5.48. The van der Waals surface area contributed by atoms with Crippen LogP contribution in [-0.2, 0) is 9.59 Å². The van der Waals surface area contributed by atoms with Gasteiger partial charge in [0, 0.05) is 10.7 Å². The van der Waals surface area contributed by atoms with Gasteiger partial charge in [-0.3, -0.25) is 9.59 Å². The molecule has 0 spiro atoms. The summed E-state index contributed by atoms with van der Waals surface area (Å²) >= 11 is 5.97. The van der Waals surface area contributed by atoms with Crippen LogP contribution in [0.2, 0.25) is 5.02 Å². The average Bonchev–Trinajstić information content (AvgIpc) is 2.53. The Morgan fingerprint density at radius 2 is 1.88 bits per heavy atom. The zero-order valence-electron chi connectivity index (χ0n) is 12.8. The van der Waals surface area contributed by atoms with Crippen molar-refractivity contribution in [3.63, 3.8) is 0 Å². The summed E-state index contributed by atoms with van der Waals surface area (Å²) in [6.45, 7) is 1.85. The van der Waals surface area contributed by atoms with Gasteiger partial charge in [-0.05, 0) is 42.3 Å². The van der Waals surface area contributed by atoms with Crippen LogP contribution in [0.1, 0.15) is 17.5 Å². The molecule has 124 valence electrons. The molecule has 2 rings (SSSR count). The van der Waals surface area contributed by atoms with E-state index < -0.39 is 11.8 Å². The lowest BCUT2D eigenvalue weighted by Crippen LogP contribution is -2.24. The molecule has 7 heteroatoms. The molecule has 2 N–H and O–H groups in total. The van der Waals surface area contributed by atoms with Crippen LogP contribution in [0, 0.1) is 12.7 Å². The van der Waals surface area contributed by atoms with Gasteiger partial charge in [0.15, 0.2) is 0 Å². The van der Waals surface area contributed by atoms with E-state index >= 15 is 0 Å². The van der Waals surface area contributed by atoms with Gasteiger partial charge in [0.05, 0.1) is 6.21 Å². The highest BCUT2D eigenvalue weighted by Gasteiger charge is 2.09. The van der Waals surface area contributed by atoms with Crippen molar-refractivity contribution in [3.8, 4) is 0 Å². The maximum absolute atomic E-state index is 12.7. The van der Waals surface area contributed by atoms with Gasteiger partial charge in [-0.2, -0.15) is 5.10 Å². The molecule has 0 atom stereocenters. The van der Waals surface area contributed by atoms with Gasteiger partial charge >= 0.3 is 0 Å². The first-order valence-electron chi connectivity index (χ1n) is 7.07. The zero-order valence-corrected chi connectivity index (χ0v) is 13.6. The lowest BCUT2D eigenvalue weighted by molar-refractivity contribution is -0.126. The highest BCUT2D eigenvalue weighted by Crippen LogP contribution is 2.19. The molecule has 2 aromatic rings. The Hall–Kier alpha value is -2.73. The van der Waals surface area contributed by atoms with Gasteiger partial charge in [0.2, 0.25) is 11.8 Å². The number of nitrogens with zero attached hydrogens (tertiary/aromatic N) is 1. The summed E-state index contributed by atoms with van der Waals surface area (Å²) in [4.78, 5) is 23.4. The Labute approximate surface area is 143 Å². The van der Waals surface area contributed by atoms with Crippen LogP contribution in [0.15, 0.2) is 47.6 Å². The number of hydrogen-bond donors (Lipinski definition) is 2. The first-order chi connectivity index (χ1) is 11.4. The van der Waals surface area contributed by atoms with Crippen LogP contribution in [0.4, 0.5) is 10.1 Å². The minimum absolute atomic E-state index is 0.357. The normalized spacial score (nSPS) is 10.6. The van der Waals surface area contributed by atoms with Gasteiger partial charge in [-0.1, -0.05) is 29.8 Å². The van der Waals surface area contributed by atoms with Crippen LogP contribution in [0.5, 0.6) is 0 Å². The summed E-state index contributed by atoms with van der Waals surface area (Å²) in [6, 6.07) is 10.7. The third-order valence-electron chi connectivity index (χ3n) is 3.05. The van der Waals surface area contributed by atoms with Crippen molar-refractivity contribution >= 4 is 35.3 Å². The lowest BCUT2D eigenvalue weighted by Gasteiger charge is -2.06. The number of rotatable bonds is 5. The highest BCUT2D eigenvalue weighted by molar-refractivity contribution is 6.31. The number of amides is 2. The van der Waals surface area contributed by atoms with Crippen LogP contribution >= 0.6 is 11.6 Å². The fourth-order valence-corrected chi connectivity index (χ4v) is 1.97. The second-order valence-corrected chi connectivity index (χ2v) is 5.44. The molecule has 0 saturated heterocycles. The molecule has 2 aromatic carbocycles. The number of nitrogens with one attached hydrogen (secondary N) is 2. The van der Waals surface area contributed by atoms with Gasteiger partial charge < -0.3 is 5.32 Å². The van der Waals surface area contributed by atoms with E-state index in [2.05, 4.69) is 15.8 Å². The maximum Gasteiger partial charge on any atom is 0.249 e. The number of aryl methyl sites for hydroxylation is 1. The topological polar surface area (TPSA) is 70.6 Å². The molecule has 0 aliphatic heterocycles. The molecule has 5 nitrogen and oxygen atoms in total. The second kappa shape index (κ2) is 8.21. The Morgan fingerprint density at radius 3 is 2.54 bits per heavy atom. The summed E-state index contributed by atoms with van der Waals surface area (Å²) < 4.78 is 12.7. The minimum atomic E-state index is -0.566. The first-order valence-corrected chi connectivity index (χ1v) is 7.45. The first kappa shape index (κ1) is 17.6. The molecule has 0 aromatic heterocycles. The number of carbonyl (C=O) groups excluding carboxylic acids is 2. The Bertz CT molecular complexity index is 776. The molecule has 0 aliphatic rings. The summed E-state index contributed by atoms with van der Waals surface area (Å²) in [5.41, 5.74) is 4.26. The summed E-state index contributed by atoms with van der Waals surface area (Å²) in [6.07, 6.45) is 0.973. The Balaban J connectivity index is 1.81. The molecule has 0 fully saturated rings. The molecule has 0 unspecified atom stereocenters. The van der Waals surface area contributed by atoms with Crippen molar-refractivity contribution in [1.29, 1.82) is 0 Å². The smallest absolute Gasteiger partial charge is 0.249 e. The van der Waals surface area contributed by atoms with Crippen molar-refractivity contribution in [2.75, 3.05) is 5.32 Å². The van der Waals surface area contributed by atoms with E-state index in [4.69, 9.17) is 11.6 Å². The maximum atomic E-state index is 12.7. The van der Waals surface area contributed by atoms with E-state index in [1.807, 2.05) is 6.92 Å². The molecular formula is C17H15ClFN3O2. The van der Waals surface area contributed by atoms with Gasteiger partial charge in [-0.15, -0.1) is 0 Å². The number of carbonyl (C=O) groups is 2. The lowest BCUT2D eigenvalue weighted by atomic mass is 10.2. The summed E-state index contributed by atoms with van der Waals surface area (Å²) in [5, 5.41) is 6.82. The monoisotopic (exact) mass is 347 g/mol. The zero-order chi connectivity index (χ0) is 17.5. The number of benzene rings is 2. The van der Waals surface area contributed by atoms with Crippen LogP contribution in [0.3, 0.4) is 0 Å². The second-order valence-electron chi connectivity index (χ2n) is 5.03. The van der Waals surface area contributed by atoms with E-state index in [1.165, 1.54) is 30.5 Å². The number of halogens is 2. The van der Waals surface area contributed by atoms with E-state index in [-0.39, 0.29) is 12.2 Å². The van der Waals surface area contributed by atoms with Crippen LogP contribution in [0.25, 0.3) is 0 Å². The van der Waals surface area contributed by atoms with Crippen molar-refractivity contribution in [2.24, 2.45) is 5.10 Å². The summed E-state index contributed by atoms with van der Waals surface area (Å²) in [7, 11) is 0. The van der Waals surface area contributed by atoms with Gasteiger partial charge in [0.1, 0.15) is 12.2 Å².